The van der Waals surface area contributed by atoms with Crippen LogP contribution in [0.2, 0.25) is 0 Å². The number of para-hydroxylation sites is 1. The van der Waals surface area contributed by atoms with Crippen molar-refractivity contribution in [2.45, 2.75) is 13.0 Å². The van der Waals surface area contributed by atoms with E-state index in [9.17, 15) is 9.59 Å². The highest BCUT2D eigenvalue weighted by atomic mass is 32.1. The normalized spacial score (nSPS) is 11.1. The number of nitrogens with one attached hydrogen (secondary N) is 4. The van der Waals surface area contributed by atoms with Gasteiger partial charge in [0.15, 0.2) is 5.82 Å². The summed E-state index contributed by atoms with van der Waals surface area (Å²) in [6, 6.07) is 18.8. The Labute approximate surface area is 214 Å². The molecule has 0 unspecified atom stereocenters. The molecule has 0 atom stereocenters. The summed E-state index contributed by atoms with van der Waals surface area (Å²) in [6.45, 7) is 2.75. The molecule has 0 fully saturated rings. The topological polar surface area (TPSA) is 105 Å². The molecule has 0 aliphatic heterocycles. The van der Waals surface area contributed by atoms with Crippen molar-refractivity contribution in [1.82, 2.24) is 25.8 Å². The molecule has 4 aromatic rings. The van der Waals surface area contributed by atoms with Gasteiger partial charge in [-0.3, -0.25) is 25.1 Å². The van der Waals surface area contributed by atoms with Crippen molar-refractivity contribution in [3.05, 3.63) is 76.7 Å². The largest absolute Gasteiger partial charge is 0.313 e. The lowest BCUT2D eigenvalue weighted by molar-refractivity contribution is 0.0954. The van der Waals surface area contributed by atoms with Gasteiger partial charge < -0.3 is 15.5 Å². The Balaban J connectivity index is 1.34. The van der Waals surface area contributed by atoms with Crippen LogP contribution in [0, 0.1) is 0 Å². The lowest BCUT2D eigenvalue weighted by atomic mass is 10.1. The third-order valence-corrected chi connectivity index (χ3v) is 6.67. The summed E-state index contributed by atoms with van der Waals surface area (Å²) in [6.07, 6.45) is 1.08. The van der Waals surface area contributed by atoms with E-state index < -0.39 is 0 Å². The molecular formula is C26H31N7O2S. The number of aromatic amines is 1. The van der Waals surface area contributed by atoms with Crippen LogP contribution >= 0.6 is 11.3 Å². The maximum atomic E-state index is 12.8. The molecule has 4 N–H and O–H groups in total. The van der Waals surface area contributed by atoms with E-state index in [2.05, 4.69) is 45.3 Å². The van der Waals surface area contributed by atoms with Crippen LogP contribution in [-0.2, 0) is 6.54 Å². The molecule has 9 nitrogen and oxygen atoms in total. The minimum Gasteiger partial charge on any atom is -0.313 e. The average molecular weight is 506 g/mol. The highest BCUT2D eigenvalue weighted by Gasteiger charge is 2.18. The summed E-state index contributed by atoms with van der Waals surface area (Å²) < 4.78 is 0. The quantitative estimate of drug-likeness (QED) is 0.183. The monoisotopic (exact) mass is 505 g/mol. The third kappa shape index (κ3) is 6.48. The molecule has 36 heavy (non-hydrogen) atoms. The molecule has 0 radical (unpaired) electrons. The van der Waals surface area contributed by atoms with Gasteiger partial charge in [0, 0.05) is 19.2 Å². The van der Waals surface area contributed by atoms with Gasteiger partial charge in [-0.25, -0.2) is 0 Å². The molecule has 4 rings (SSSR count). The van der Waals surface area contributed by atoms with Gasteiger partial charge in [0.2, 0.25) is 0 Å². The van der Waals surface area contributed by atoms with Crippen LogP contribution in [0.1, 0.15) is 32.0 Å². The molecule has 0 saturated carbocycles. The predicted molar refractivity (Wildman–Crippen MR) is 146 cm³/mol. The van der Waals surface area contributed by atoms with Crippen molar-refractivity contribution in [2.24, 2.45) is 0 Å². The Morgan fingerprint density at radius 2 is 1.75 bits per heavy atom. The number of aromatic nitrogens is 2. The van der Waals surface area contributed by atoms with E-state index in [4.69, 9.17) is 0 Å². The second kappa shape index (κ2) is 11.8. The van der Waals surface area contributed by atoms with Crippen LogP contribution in [0.3, 0.4) is 0 Å². The Bertz CT molecular complexity index is 1300. The van der Waals surface area contributed by atoms with Gasteiger partial charge in [0.05, 0.1) is 16.0 Å². The van der Waals surface area contributed by atoms with E-state index in [0.29, 0.717) is 26.5 Å². The van der Waals surface area contributed by atoms with E-state index in [1.54, 1.807) is 18.1 Å². The number of carbonyl (C=O) groups excluding carboxylic acids is 2. The Hall–Kier alpha value is -3.73. The van der Waals surface area contributed by atoms with Crippen LogP contribution in [0.5, 0.6) is 0 Å². The molecule has 2 amide bonds. The second-order valence-corrected chi connectivity index (χ2v) is 9.80. The zero-order valence-electron chi connectivity index (χ0n) is 20.7. The number of H-pyrrole nitrogens is 1. The number of benzene rings is 2. The van der Waals surface area contributed by atoms with Crippen molar-refractivity contribution >= 4 is 44.9 Å². The zero-order valence-corrected chi connectivity index (χ0v) is 21.5. The molecule has 0 aliphatic carbocycles. The van der Waals surface area contributed by atoms with E-state index in [0.717, 1.165) is 37.3 Å². The molecule has 2 aromatic heterocycles. The van der Waals surface area contributed by atoms with Crippen molar-refractivity contribution in [3.8, 4) is 0 Å². The fraction of sp³-hybridized carbons (Fsp3) is 0.269. The summed E-state index contributed by atoms with van der Waals surface area (Å²) in [4.78, 5) is 29.0. The highest BCUT2D eigenvalue weighted by molar-refractivity contribution is 7.20. The zero-order chi connectivity index (χ0) is 25.5. The standard InChI is InChI=1S/C26H31N7O2S/c1-32(2)15-7-14-27-17-18-10-12-19(13-11-18)24(34)28-23-21-16-22(36-26(21)30-29-23)25(35)31-33(3)20-8-5-4-6-9-20/h4-6,8-13,16,27H,7,14-15,17H2,1-3H3,(H,31,35)(H2,28,29,30,34). The van der Waals surface area contributed by atoms with Crippen molar-refractivity contribution in [1.29, 1.82) is 0 Å². The van der Waals surface area contributed by atoms with E-state index in [1.807, 2.05) is 54.6 Å². The van der Waals surface area contributed by atoms with Gasteiger partial charge >= 0.3 is 0 Å². The number of thiophene rings is 1. The number of anilines is 2. The number of rotatable bonds is 11. The summed E-state index contributed by atoms with van der Waals surface area (Å²) >= 11 is 1.28. The first-order valence-corrected chi connectivity index (χ1v) is 12.6. The van der Waals surface area contributed by atoms with Gasteiger partial charge in [-0.2, -0.15) is 5.10 Å². The summed E-state index contributed by atoms with van der Waals surface area (Å²) in [5.74, 6) is -0.0950. The Morgan fingerprint density at radius 1 is 1.00 bits per heavy atom. The SMILES string of the molecule is CN(C)CCCNCc1ccc(C(=O)Nc2n[nH]c3sc(C(=O)NN(C)c4ccccc4)cc23)cc1. The first-order chi connectivity index (χ1) is 17.4. The van der Waals surface area contributed by atoms with Crippen LogP contribution < -0.4 is 21.1 Å². The van der Waals surface area contributed by atoms with Crippen LogP contribution in [0.4, 0.5) is 11.5 Å². The maximum Gasteiger partial charge on any atom is 0.279 e. The lowest BCUT2D eigenvalue weighted by Gasteiger charge is -2.19. The number of fused-ring (bicyclic) bond motifs is 1. The van der Waals surface area contributed by atoms with E-state index in [1.165, 1.54) is 11.3 Å². The minimum absolute atomic E-state index is 0.237. The van der Waals surface area contributed by atoms with Gasteiger partial charge in [-0.1, -0.05) is 30.3 Å². The van der Waals surface area contributed by atoms with E-state index in [-0.39, 0.29) is 11.8 Å². The minimum atomic E-state index is -0.255. The Kier molecular flexibility index (Phi) is 8.32. The number of hydrazine groups is 1. The molecule has 0 saturated heterocycles. The number of amides is 2. The molecule has 2 aromatic carbocycles. The molecule has 10 heteroatoms. The lowest BCUT2D eigenvalue weighted by Crippen LogP contribution is -2.38. The van der Waals surface area contributed by atoms with Gasteiger partial charge in [-0.05, 0) is 69.5 Å². The second-order valence-electron chi connectivity index (χ2n) is 8.75. The van der Waals surface area contributed by atoms with Crippen molar-refractivity contribution in [2.75, 3.05) is 44.6 Å². The highest BCUT2D eigenvalue weighted by Crippen LogP contribution is 2.29. The predicted octanol–water partition coefficient (Wildman–Crippen LogP) is 3.70. The average Bonchev–Trinajstić information content (AvgIpc) is 3.46. The summed E-state index contributed by atoms with van der Waals surface area (Å²) in [7, 11) is 5.92. The van der Waals surface area contributed by atoms with E-state index >= 15 is 0 Å². The molecular weight excluding hydrogens is 474 g/mol. The van der Waals surface area contributed by atoms with Gasteiger partial charge in [0.1, 0.15) is 4.83 Å². The molecule has 0 aliphatic rings. The number of carbonyl (C=O) groups is 2. The molecule has 188 valence electrons. The van der Waals surface area contributed by atoms with Crippen molar-refractivity contribution in [3.63, 3.8) is 0 Å². The van der Waals surface area contributed by atoms with Crippen LogP contribution in [0.15, 0.2) is 60.7 Å². The fourth-order valence-corrected chi connectivity index (χ4v) is 4.55. The first kappa shape index (κ1) is 25.4. The fourth-order valence-electron chi connectivity index (χ4n) is 3.65. The Morgan fingerprint density at radius 3 is 2.47 bits per heavy atom. The molecule has 0 spiro atoms. The molecule has 0 bridgehead atoms. The third-order valence-electron chi connectivity index (χ3n) is 5.63. The van der Waals surface area contributed by atoms with Crippen LogP contribution in [0.25, 0.3) is 10.2 Å². The number of hydrogen-bond donors (Lipinski definition) is 4. The van der Waals surface area contributed by atoms with Gasteiger partial charge in [0.25, 0.3) is 11.8 Å². The first-order valence-electron chi connectivity index (χ1n) is 11.7. The molecule has 2 heterocycles. The summed E-state index contributed by atoms with van der Waals surface area (Å²) in [5, 5.41) is 15.8. The maximum absolute atomic E-state index is 12.8. The van der Waals surface area contributed by atoms with Crippen LogP contribution in [-0.4, -0.2) is 61.1 Å². The van der Waals surface area contributed by atoms with Crippen molar-refractivity contribution < 1.29 is 9.59 Å². The smallest absolute Gasteiger partial charge is 0.279 e. The summed E-state index contributed by atoms with van der Waals surface area (Å²) in [5.41, 5.74) is 5.39. The number of nitrogens with zero attached hydrogens (tertiary/aromatic N) is 3. The van der Waals surface area contributed by atoms with Gasteiger partial charge in [-0.15, -0.1) is 11.3 Å². The number of hydrogen-bond acceptors (Lipinski definition) is 7.